The van der Waals surface area contributed by atoms with Crippen LogP contribution in [-0.4, -0.2) is 21.0 Å². The molecule has 0 bridgehead atoms. The first-order chi connectivity index (χ1) is 8.19. The highest BCUT2D eigenvalue weighted by atomic mass is 32.1. The van der Waals surface area contributed by atoms with Crippen molar-refractivity contribution < 1.29 is 5.11 Å². The average molecular weight is 250 g/mol. The first-order valence-corrected chi connectivity index (χ1v) is 6.79. The molecule has 0 saturated carbocycles. The molecule has 1 unspecified atom stereocenters. The number of aliphatic hydroxyl groups excluding tert-OH is 1. The van der Waals surface area contributed by atoms with Crippen molar-refractivity contribution in [2.75, 3.05) is 0 Å². The number of hydrogen-bond acceptors (Lipinski definition) is 3. The van der Waals surface area contributed by atoms with Gasteiger partial charge in [0.25, 0.3) is 0 Å². The zero-order chi connectivity index (χ0) is 12.3. The summed E-state index contributed by atoms with van der Waals surface area (Å²) in [6.45, 7) is 2.09. The maximum atomic E-state index is 10.0. The largest absolute Gasteiger partial charge is 0.392 e. The lowest BCUT2D eigenvalue weighted by molar-refractivity contribution is 0.174. The van der Waals surface area contributed by atoms with E-state index in [2.05, 4.69) is 24.2 Å². The van der Waals surface area contributed by atoms with Crippen LogP contribution in [0, 0.1) is 0 Å². The van der Waals surface area contributed by atoms with Crippen LogP contribution in [-0.2, 0) is 26.3 Å². The third-order valence-electron chi connectivity index (χ3n) is 2.85. The van der Waals surface area contributed by atoms with E-state index < -0.39 is 0 Å². The highest BCUT2D eigenvalue weighted by molar-refractivity contribution is 7.09. The molecule has 0 radical (unpaired) electrons. The third-order valence-corrected chi connectivity index (χ3v) is 3.75. The van der Waals surface area contributed by atoms with Crippen LogP contribution >= 0.6 is 11.3 Å². The summed E-state index contributed by atoms with van der Waals surface area (Å²) in [6.07, 6.45) is 2.01. The van der Waals surface area contributed by atoms with Crippen LogP contribution in [0.15, 0.2) is 23.6 Å². The summed E-state index contributed by atoms with van der Waals surface area (Å²) >= 11 is 1.69. The molecule has 0 saturated heterocycles. The van der Waals surface area contributed by atoms with E-state index in [4.69, 9.17) is 0 Å². The van der Waals surface area contributed by atoms with Crippen molar-refractivity contribution >= 4 is 11.3 Å². The van der Waals surface area contributed by atoms with Gasteiger partial charge in [0.1, 0.15) is 0 Å². The lowest BCUT2D eigenvalue weighted by Gasteiger charge is -2.09. The monoisotopic (exact) mass is 250 g/mol. The minimum absolute atomic E-state index is 0.325. The fourth-order valence-corrected chi connectivity index (χ4v) is 2.69. The van der Waals surface area contributed by atoms with Crippen molar-refractivity contribution in [3.8, 4) is 0 Å². The molecule has 92 valence electrons. The second kappa shape index (κ2) is 5.47. The molecule has 0 aromatic carbocycles. The Morgan fingerprint density at radius 1 is 1.47 bits per heavy atom. The molecule has 0 amide bonds. The third kappa shape index (κ3) is 3.17. The normalized spacial score (nSPS) is 12.9. The molecule has 2 aromatic heterocycles. The number of thiophene rings is 1. The molecule has 0 spiro atoms. The van der Waals surface area contributed by atoms with E-state index in [-0.39, 0.29) is 6.10 Å². The van der Waals surface area contributed by atoms with Crippen LogP contribution in [0.1, 0.15) is 23.2 Å². The number of aliphatic hydroxyl groups is 1. The molecule has 17 heavy (non-hydrogen) atoms. The maximum absolute atomic E-state index is 10.0. The van der Waals surface area contributed by atoms with Gasteiger partial charge in [-0.05, 0) is 23.9 Å². The van der Waals surface area contributed by atoms with Crippen LogP contribution in [0.3, 0.4) is 0 Å². The second-order valence-corrected chi connectivity index (χ2v) is 5.28. The Labute approximate surface area is 106 Å². The Balaban J connectivity index is 1.97. The molecule has 0 fully saturated rings. The fourth-order valence-electron chi connectivity index (χ4n) is 1.91. The van der Waals surface area contributed by atoms with Gasteiger partial charge in [-0.25, -0.2) is 0 Å². The molecule has 0 aliphatic rings. The van der Waals surface area contributed by atoms with Gasteiger partial charge in [0.15, 0.2) is 0 Å². The van der Waals surface area contributed by atoms with Crippen LogP contribution < -0.4 is 0 Å². The Hall–Kier alpha value is -1.13. The van der Waals surface area contributed by atoms with Crippen molar-refractivity contribution in [3.63, 3.8) is 0 Å². The highest BCUT2D eigenvalue weighted by Gasteiger charge is 2.11. The number of aryl methyl sites for hydroxylation is 2. The van der Waals surface area contributed by atoms with Crippen LogP contribution in [0.25, 0.3) is 0 Å². The van der Waals surface area contributed by atoms with Crippen molar-refractivity contribution in [2.24, 2.45) is 7.05 Å². The van der Waals surface area contributed by atoms with Crippen molar-refractivity contribution in [3.05, 3.63) is 39.8 Å². The summed E-state index contributed by atoms with van der Waals surface area (Å²) in [5.41, 5.74) is 2.19. The van der Waals surface area contributed by atoms with Gasteiger partial charge in [-0.3, -0.25) is 4.68 Å². The molecule has 1 N–H and O–H groups in total. The summed E-state index contributed by atoms with van der Waals surface area (Å²) in [4.78, 5) is 1.23. The molecular formula is C13H18N2OS. The zero-order valence-corrected chi connectivity index (χ0v) is 11.1. The summed E-state index contributed by atoms with van der Waals surface area (Å²) in [5.74, 6) is 0. The van der Waals surface area contributed by atoms with Crippen molar-refractivity contribution in [2.45, 2.75) is 32.3 Å². The van der Waals surface area contributed by atoms with Gasteiger partial charge in [0.2, 0.25) is 0 Å². The summed E-state index contributed by atoms with van der Waals surface area (Å²) in [7, 11) is 1.94. The second-order valence-electron chi connectivity index (χ2n) is 4.25. The average Bonchev–Trinajstić information content (AvgIpc) is 2.89. The van der Waals surface area contributed by atoms with Crippen LogP contribution in [0.4, 0.5) is 0 Å². The van der Waals surface area contributed by atoms with E-state index in [1.165, 1.54) is 4.88 Å². The van der Waals surface area contributed by atoms with E-state index in [1.807, 2.05) is 23.2 Å². The van der Waals surface area contributed by atoms with Gasteiger partial charge >= 0.3 is 0 Å². The predicted molar refractivity (Wildman–Crippen MR) is 70.3 cm³/mol. The molecule has 2 rings (SSSR count). The SMILES string of the molecule is CCc1cc(CC(O)Cc2cccs2)n(C)n1. The molecular weight excluding hydrogens is 232 g/mol. The lowest BCUT2D eigenvalue weighted by atomic mass is 10.1. The number of hydrogen-bond donors (Lipinski definition) is 1. The smallest absolute Gasteiger partial charge is 0.0643 e. The van der Waals surface area contributed by atoms with E-state index >= 15 is 0 Å². The Bertz CT molecular complexity index is 462. The van der Waals surface area contributed by atoms with Gasteiger partial charge in [-0.15, -0.1) is 11.3 Å². The van der Waals surface area contributed by atoms with E-state index in [9.17, 15) is 5.11 Å². The molecule has 3 nitrogen and oxygen atoms in total. The van der Waals surface area contributed by atoms with Gasteiger partial charge in [-0.1, -0.05) is 13.0 Å². The highest BCUT2D eigenvalue weighted by Crippen LogP contribution is 2.14. The summed E-state index contributed by atoms with van der Waals surface area (Å²) in [6, 6.07) is 6.16. The van der Waals surface area contributed by atoms with Crippen LogP contribution in [0.2, 0.25) is 0 Å². The molecule has 2 aromatic rings. The topological polar surface area (TPSA) is 38.0 Å². The summed E-state index contributed by atoms with van der Waals surface area (Å²) in [5, 5.41) is 16.5. The summed E-state index contributed by atoms with van der Waals surface area (Å²) < 4.78 is 1.87. The molecule has 2 heterocycles. The van der Waals surface area contributed by atoms with Crippen LogP contribution in [0.5, 0.6) is 0 Å². The van der Waals surface area contributed by atoms with E-state index in [0.717, 1.165) is 24.2 Å². The van der Waals surface area contributed by atoms with Gasteiger partial charge in [0.05, 0.1) is 11.8 Å². The molecule has 0 aliphatic carbocycles. The first kappa shape index (κ1) is 12.3. The number of rotatable bonds is 5. The molecule has 1 atom stereocenters. The minimum atomic E-state index is -0.325. The Morgan fingerprint density at radius 3 is 2.88 bits per heavy atom. The number of aromatic nitrogens is 2. The van der Waals surface area contributed by atoms with Gasteiger partial charge in [0, 0.05) is 30.5 Å². The first-order valence-electron chi connectivity index (χ1n) is 5.91. The number of nitrogens with zero attached hydrogens (tertiary/aromatic N) is 2. The molecule has 0 aliphatic heterocycles. The Morgan fingerprint density at radius 2 is 2.29 bits per heavy atom. The minimum Gasteiger partial charge on any atom is -0.392 e. The standard InChI is InChI=1S/C13H18N2OS/c1-3-10-7-11(15(2)14-10)8-12(16)9-13-5-4-6-17-13/h4-7,12,16H,3,8-9H2,1-2H3. The Kier molecular flexibility index (Phi) is 3.97. The predicted octanol–water partition coefficient (Wildman–Crippen LogP) is 2.19. The zero-order valence-electron chi connectivity index (χ0n) is 10.3. The van der Waals surface area contributed by atoms with E-state index in [0.29, 0.717) is 6.42 Å². The molecule has 4 heteroatoms. The maximum Gasteiger partial charge on any atom is 0.0643 e. The fraction of sp³-hybridized carbons (Fsp3) is 0.462. The van der Waals surface area contributed by atoms with Gasteiger partial charge in [-0.2, -0.15) is 5.10 Å². The lowest BCUT2D eigenvalue weighted by Crippen LogP contribution is -2.15. The van der Waals surface area contributed by atoms with Crippen molar-refractivity contribution in [1.82, 2.24) is 9.78 Å². The van der Waals surface area contributed by atoms with E-state index in [1.54, 1.807) is 11.3 Å². The quantitative estimate of drug-likeness (QED) is 0.883. The van der Waals surface area contributed by atoms with Gasteiger partial charge < -0.3 is 5.11 Å². The van der Waals surface area contributed by atoms with Crippen molar-refractivity contribution in [1.29, 1.82) is 0 Å².